The molecule has 0 aromatic carbocycles. The van der Waals surface area contributed by atoms with Crippen molar-refractivity contribution in [2.45, 2.75) is 32.5 Å². The Morgan fingerprint density at radius 2 is 2.42 bits per heavy atom. The minimum absolute atomic E-state index is 0.277. The molecule has 1 heterocycles. The van der Waals surface area contributed by atoms with Crippen LogP contribution >= 0.6 is 0 Å². The molecule has 0 aromatic heterocycles. The van der Waals surface area contributed by atoms with Crippen LogP contribution in [-0.4, -0.2) is 23.7 Å². The molecule has 2 atom stereocenters. The van der Waals surface area contributed by atoms with Crippen LogP contribution < -0.4 is 0 Å². The molecule has 5 heteroatoms. The summed E-state index contributed by atoms with van der Waals surface area (Å²) in [5, 5.41) is 0. The molecule has 0 N–H and O–H groups in total. The minimum Gasteiger partial charge on any atom is -0.349 e. The first-order valence-corrected chi connectivity index (χ1v) is 5.16. The molecule has 0 saturated carbocycles. The van der Waals surface area contributed by atoms with Crippen molar-refractivity contribution < 1.29 is 17.3 Å². The molecule has 2 unspecified atom stereocenters. The predicted molar refractivity (Wildman–Crippen MR) is 44.4 cm³/mol. The summed E-state index contributed by atoms with van der Waals surface area (Å²) in [5.74, 6) is 0. The van der Waals surface area contributed by atoms with Gasteiger partial charge in [0.05, 0.1) is 0 Å². The van der Waals surface area contributed by atoms with Crippen molar-refractivity contribution in [3.63, 3.8) is 0 Å². The van der Waals surface area contributed by atoms with Crippen molar-refractivity contribution >= 4 is 11.4 Å². The molecule has 0 amide bonds. The van der Waals surface area contributed by atoms with Gasteiger partial charge in [0.15, 0.2) is 6.29 Å². The van der Waals surface area contributed by atoms with Crippen molar-refractivity contribution in [2.75, 3.05) is 13.2 Å². The van der Waals surface area contributed by atoms with Crippen molar-refractivity contribution in [1.29, 1.82) is 0 Å². The maximum Gasteiger partial charge on any atom is 0.307 e. The first-order valence-electron chi connectivity index (χ1n) is 4.16. The molecule has 0 radical (unpaired) electrons. The summed E-state index contributed by atoms with van der Waals surface area (Å²) in [6.45, 7) is 3.06. The predicted octanol–water partition coefficient (Wildman–Crippen LogP) is 1.14. The fourth-order valence-corrected chi connectivity index (χ4v) is 1.46. The molecule has 1 aliphatic rings. The summed E-state index contributed by atoms with van der Waals surface area (Å²) >= 11 is -1.59. The van der Waals surface area contributed by atoms with Gasteiger partial charge in [-0.05, 0) is 6.42 Å². The van der Waals surface area contributed by atoms with Gasteiger partial charge in [-0.15, -0.1) is 0 Å². The zero-order valence-corrected chi connectivity index (χ0v) is 7.97. The fraction of sp³-hybridized carbons (Fsp3) is 1.00. The second-order valence-corrected chi connectivity index (χ2v) is 3.43. The third-order valence-electron chi connectivity index (χ3n) is 1.54. The van der Waals surface area contributed by atoms with Crippen LogP contribution in [0.2, 0.25) is 0 Å². The average molecular weight is 194 g/mol. The van der Waals surface area contributed by atoms with Gasteiger partial charge in [-0.1, -0.05) is 19.8 Å². The van der Waals surface area contributed by atoms with E-state index >= 15 is 0 Å². The van der Waals surface area contributed by atoms with E-state index in [1.54, 1.807) is 0 Å². The first kappa shape index (κ1) is 10.1. The highest BCUT2D eigenvalue weighted by Crippen LogP contribution is 2.10. The lowest BCUT2D eigenvalue weighted by Gasteiger charge is -2.06. The Kier molecular flexibility index (Phi) is 4.75. The van der Waals surface area contributed by atoms with Crippen LogP contribution in [-0.2, 0) is 24.5 Å². The van der Waals surface area contributed by atoms with Gasteiger partial charge in [0, 0.05) is 6.61 Å². The van der Waals surface area contributed by atoms with Crippen molar-refractivity contribution in [3.8, 4) is 0 Å². The van der Waals surface area contributed by atoms with E-state index in [4.69, 9.17) is 8.92 Å². The zero-order valence-electron chi connectivity index (χ0n) is 7.15. The van der Waals surface area contributed by atoms with Crippen LogP contribution in [0, 0.1) is 0 Å². The highest BCUT2D eigenvalue weighted by Gasteiger charge is 2.23. The van der Waals surface area contributed by atoms with E-state index in [0.717, 1.165) is 19.3 Å². The van der Waals surface area contributed by atoms with E-state index in [2.05, 4.69) is 11.1 Å². The molecule has 72 valence electrons. The summed E-state index contributed by atoms with van der Waals surface area (Å²) in [4.78, 5) is 0. The summed E-state index contributed by atoms with van der Waals surface area (Å²) in [6, 6.07) is 0. The van der Waals surface area contributed by atoms with Gasteiger partial charge in [0.2, 0.25) is 0 Å². The van der Waals surface area contributed by atoms with E-state index in [-0.39, 0.29) is 6.61 Å². The third kappa shape index (κ3) is 3.62. The van der Waals surface area contributed by atoms with Gasteiger partial charge in [-0.25, -0.2) is 4.18 Å². The zero-order chi connectivity index (χ0) is 8.81. The van der Waals surface area contributed by atoms with Gasteiger partial charge in [-0.3, -0.25) is 4.18 Å². The molecular weight excluding hydrogens is 180 g/mol. The van der Waals surface area contributed by atoms with Gasteiger partial charge < -0.3 is 4.74 Å². The molecular formula is C7H14O4S. The van der Waals surface area contributed by atoms with Gasteiger partial charge >= 0.3 is 11.4 Å². The molecule has 0 bridgehead atoms. The second kappa shape index (κ2) is 5.64. The highest BCUT2D eigenvalue weighted by molar-refractivity contribution is 7.75. The molecule has 0 spiro atoms. The highest BCUT2D eigenvalue weighted by atomic mass is 32.2. The normalized spacial score (nSPS) is 29.4. The summed E-state index contributed by atoms with van der Waals surface area (Å²) in [6.07, 6.45) is 2.90. The number of hydrogen-bond acceptors (Lipinski definition) is 4. The lowest BCUT2D eigenvalue weighted by atomic mass is 10.3. The Hall–Kier alpha value is 0.0300. The van der Waals surface area contributed by atoms with E-state index in [0.29, 0.717) is 6.61 Å². The molecule has 1 saturated heterocycles. The topological polar surface area (TPSA) is 44.8 Å². The smallest absolute Gasteiger partial charge is 0.307 e. The van der Waals surface area contributed by atoms with Crippen molar-refractivity contribution in [3.05, 3.63) is 0 Å². The van der Waals surface area contributed by atoms with Crippen LogP contribution in [0.5, 0.6) is 0 Å². The van der Waals surface area contributed by atoms with E-state index in [1.165, 1.54) is 0 Å². The van der Waals surface area contributed by atoms with Crippen LogP contribution in [0.25, 0.3) is 0 Å². The Morgan fingerprint density at radius 1 is 1.58 bits per heavy atom. The quantitative estimate of drug-likeness (QED) is 0.616. The van der Waals surface area contributed by atoms with Gasteiger partial charge in [0.1, 0.15) is 6.61 Å². The molecule has 1 rings (SSSR count). The van der Waals surface area contributed by atoms with Crippen molar-refractivity contribution in [2.24, 2.45) is 0 Å². The van der Waals surface area contributed by atoms with E-state index in [9.17, 15) is 4.21 Å². The Labute approximate surface area is 75.1 Å². The van der Waals surface area contributed by atoms with Gasteiger partial charge in [0.25, 0.3) is 0 Å². The molecule has 0 aliphatic carbocycles. The third-order valence-corrected chi connectivity index (χ3v) is 2.24. The molecule has 0 aromatic rings. The Balaban J connectivity index is 1.97. The number of rotatable bonds is 5. The monoisotopic (exact) mass is 194 g/mol. The molecule has 1 fully saturated rings. The Bertz CT molecular complexity index is 150. The maximum atomic E-state index is 10.5. The lowest BCUT2D eigenvalue weighted by Crippen LogP contribution is -2.15. The average Bonchev–Trinajstić information content (AvgIpc) is 2.45. The number of unbranched alkanes of at least 4 members (excludes halogenated alkanes) is 2. The van der Waals surface area contributed by atoms with E-state index < -0.39 is 17.7 Å². The largest absolute Gasteiger partial charge is 0.349 e. The molecule has 1 aliphatic heterocycles. The number of hydrogen-bond donors (Lipinski definition) is 0. The maximum absolute atomic E-state index is 10.5. The molecule has 4 nitrogen and oxygen atoms in total. The number of ether oxygens (including phenoxy) is 1. The van der Waals surface area contributed by atoms with Crippen LogP contribution in [0.3, 0.4) is 0 Å². The van der Waals surface area contributed by atoms with Crippen LogP contribution in [0.15, 0.2) is 0 Å². The first-order chi connectivity index (χ1) is 5.83. The summed E-state index contributed by atoms with van der Waals surface area (Å²) < 4.78 is 25.2. The Morgan fingerprint density at radius 3 is 3.00 bits per heavy atom. The fourth-order valence-electron chi connectivity index (χ4n) is 0.897. The van der Waals surface area contributed by atoms with Crippen LogP contribution in [0.1, 0.15) is 26.2 Å². The molecule has 12 heavy (non-hydrogen) atoms. The minimum atomic E-state index is -1.59. The summed E-state index contributed by atoms with van der Waals surface area (Å²) in [5.41, 5.74) is 0. The lowest BCUT2D eigenvalue weighted by molar-refractivity contribution is -0.0658. The van der Waals surface area contributed by atoms with Gasteiger partial charge in [-0.2, -0.15) is 4.21 Å². The SMILES string of the molecule is CCCCCOC1COS(=O)O1. The second-order valence-electron chi connectivity index (χ2n) is 2.59. The van der Waals surface area contributed by atoms with Crippen LogP contribution in [0.4, 0.5) is 0 Å². The summed E-state index contributed by atoms with van der Waals surface area (Å²) in [7, 11) is 0. The standard InChI is InChI=1S/C7H14O4S/c1-2-3-4-5-9-7-6-10-12(8)11-7/h7H,2-6H2,1H3. The van der Waals surface area contributed by atoms with Crippen molar-refractivity contribution in [1.82, 2.24) is 0 Å². The van der Waals surface area contributed by atoms with E-state index in [1.807, 2.05) is 0 Å².